The molecule has 1 aliphatic carbocycles. The van der Waals surface area contributed by atoms with Gasteiger partial charge in [-0.25, -0.2) is 0 Å². The van der Waals surface area contributed by atoms with Gasteiger partial charge in [0.25, 0.3) is 0 Å². The maximum absolute atomic E-state index is 5.72. The Hall–Kier alpha value is -0.920. The highest BCUT2D eigenvalue weighted by Crippen LogP contribution is 2.39. The third-order valence-electron chi connectivity index (χ3n) is 3.59. The smallest absolute Gasteiger partial charge is 0.138 e. The van der Waals surface area contributed by atoms with Crippen molar-refractivity contribution in [3.63, 3.8) is 0 Å². The van der Waals surface area contributed by atoms with Crippen molar-refractivity contribution in [2.24, 2.45) is 11.8 Å². The zero-order chi connectivity index (χ0) is 11.8. The van der Waals surface area contributed by atoms with Crippen LogP contribution in [-0.2, 0) is 4.74 Å². The van der Waals surface area contributed by atoms with Gasteiger partial charge in [0.2, 0.25) is 0 Å². The number of piperidine rings is 1. The average molecular weight is 221 g/mol. The molecule has 0 aromatic rings. The van der Waals surface area contributed by atoms with Crippen molar-refractivity contribution in [1.29, 1.82) is 0 Å². The van der Waals surface area contributed by atoms with Crippen LogP contribution in [0.3, 0.4) is 0 Å². The number of fused-ring (bicyclic) bond motifs is 1. The molecule has 2 aliphatic rings. The summed E-state index contributed by atoms with van der Waals surface area (Å²) in [7, 11) is 0. The van der Waals surface area contributed by atoms with E-state index in [1.54, 1.807) is 0 Å². The summed E-state index contributed by atoms with van der Waals surface area (Å²) >= 11 is 0. The molecular formula is C14H23NO. The van der Waals surface area contributed by atoms with Gasteiger partial charge in [-0.05, 0) is 45.6 Å². The van der Waals surface area contributed by atoms with Gasteiger partial charge in [0.15, 0.2) is 0 Å². The van der Waals surface area contributed by atoms with Gasteiger partial charge in [0, 0.05) is 11.5 Å². The molecule has 90 valence electrons. The fourth-order valence-electron chi connectivity index (χ4n) is 3.03. The lowest BCUT2D eigenvalue weighted by Crippen LogP contribution is -2.49. The predicted octanol–water partition coefficient (Wildman–Crippen LogP) is 3.22. The highest BCUT2D eigenvalue weighted by atomic mass is 16.5. The van der Waals surface area contributed by atoms with Crippen LogP contribution in [0.25, 0.3) is 0 Å². The molecule has 2 atom stereocenters. The van der Waals surface area contributed by atoms with Gasteiger partial charge in [0.1, 0.15) is 5.76 Å². The largest absolute Gasteiger partial charge is 0.492 e. The van der Waals surface area contributed by atoms with E-state index in [0.29, 0.717) is 5.92 Å². The minimum atomic E-state index is 0.193. The molecule has 2 unspecified atom stereocenters. The van der Waals surface area contributed by atoms with E-state index in [-0.39, 0.29) is 5.54 Å². The number of rotatable bonds is 2. The minimum Gasteiger partial charge on any atom is -0.492 e. The van der Waals surface area contributed by atoms with Crippen LogP contribution in [0.5, 0.6) is 0 Å². The fraction of sp³-hybridized carbons (Fsp3) is 0.714. The van der Waals surface area contributed by atoms with Crippen LogP contribution in [0.15, 0.2) is 23.6 Å². The predicted molar refractivity (Wildman–Crippen MR) is 66.9 cm³/mol. The monoisotopic (exact) mass is 221 g/mol. The van der Waals surface area contributed by atoms with E-state index < -0.39 is 0 Å². The van der Waals surface area contributed by atoms with Crippen molar-refractivity contribution in [3.05, 3.63) is 23.6 Å². The molecule has 1 fully saturated rings. The van der Waals surface area contributed by atoms with Crippen LogP contribution in [0.1, 0.15) is 40.5 Å². The third kappa shape index (κ3) is 2.11. The maximum Gasteiger partial charge on any atom is 0.138 e. The van der Waals surface area contributed by atoms with Gasteiger partial charge in [-0.15, -0.1) is 0 Å². The zero-order valence-corrected chi connectivity index (χ0v) is 10.8. The first-order valence-corrected chi connectivity index (χ1v) is 6.35. The Morgan fingerprint density at radius 1 is 1.50 bits per heavy atom. The molecule has 2 heteroatoms. The molecule has 0 aromatic heterocycles. The first-order valence-electron chi connectivity index (χ1n) is 6.35. The molecule has 2 nitrogen and oxygen atoms in total. The summed E-state index contributed by atoms with van der Waals surface area (Å²) in [4.78, 5) is 0. The summed E-state index contributed by atoms with van der Waals surface area (Å²) in [6.07, 6.45) is 6.75. The van der Waals surface area contributed by atoms with E-state index in [0.717, 1.165) is 24.7 Å². The highest BCUT2D eigenvalue weighted by Gasteiger charge is 2.37. The van der Waals surface area contributed by atoms with Crippen molar-refractivity contribution in [2.45, 2.75) is 46.1 Å². The summed E-state index contributed by atoms with van der Waals surface area (Å²) in [5, 5.41) is 3.66. The Labute approximate surface area is 98.8 Å². The number of hydrogen-bond acceptors (Lipinski definition) is 2. The fourth-order valence-corrected chi connectivity index (χ4v) is 3.03. The number of nitrogens with one attached hydrogen (secondary N) is 1. The van der Waals surface area contributed by atoms with Gasteiger partial charge >= 0.3 is 0 Å². The third-order valence-corrected chi connectivity index (χ3v) is 3.59. The Morgan fingerprint density at radius 2 is 2.25 bits per heavy atom. The van der Waals surface area contributed by atoms with Gasteiger partial charge in [-0.3, -0.25) is 0 Å². The van der Waals surface area contributed by atoms with Crippen LogP contribution in [0, 0.1) is 11.8 Å². The second-order valence-electron chi connectivity index (χ2n) is 5.65. The minimum absolute atomic E-state index is 0.193. The molecule has 1 heterocycles. The number of ether oxygens (including phenoxy) is 1. The second-order valence-corrected chi connectivity index (χ2v) is 5.65. The molecule has 1 aliphatic heterocycles. The lowest BCUT2D eigenvalue weighted by atomic mass is 9.74. The van der Waals surface area contributed by atoms with Crippen molar-refractivity contribution >= 4 is 0 Å². The van der Waals surface area contributed by atoms with Crippen LogP contribution in [-0.4, -0.2) is 12.1 Å². The molecule has 0 saturated carbocycles. The highest BCUT2D eigenvalue weighted by molar-refractivity contribution is 5.29. The normalized spacial score (nSPS) is 32.0. The number of allylic oxidation sites excluding steroid dienone is 3. The van der Waals surface area contributed by atoms with Gasteiger partial charge < -0.3 is 10.1 Å². The number of hydrogen-bond donors (Lipinski definition) is 1. The lowest BCUT2D eigenvalue weighted by Gasteiger charge is -2.44. The maximum atomic E-state index is 5.72. The zero-order valence-electron chi connectivity index (χ0n) is 10.8. The molecule has 2 rings (SSSR count). The van der Waals surface area contributed by atoms with Crippen molar-refractivity contribution in [1.82, 2.24) is 5.32 Å². The summed E-state index contributed by atoms with van der Waals surface area (Å²) in [6, 6.07) is 0. The summed E-state index contributed by atoms with van der Waals surface area (Å²) in [5.41, 5.74) is 1.52. The summed E-state index contributed by atoms with van der Waals surface area (Å²) in [6.45, 7) is 9.69. The topological polar surface area (TPSA) is 21.3 Å². The van der Waals surface area contributed by atoms with Crippen molar-refractivity contribution in [2.75, 3.05) is 6.61 Å². The summed E-state index contributed by atoms with van der Waals surface area (Å²) in [5.74, 6) is 2.41. The Balaban J connectivity index is 2.31. The Kier molecular flexibility index (Phi) is 3.00. The molecule has 16 heavy (non-hydrogen) atoms. The molecule has 0 spiro atoms. The van der Waals surface area contributed by atoms with Crippen molar-refractivity contribution in [3.8, 4) is 0 Å². The van der Waals surface area contributed by atoms with Gasteiger partial charge in [-0.2, -0.15) is 0 Å². The summed E-state index contributed by atoms with van der Waals surface area (Å²) < 4.78 is 5.72. The molecular weight excluding hydrogens is 198 g/mol. The van der Waals surface area contributed by atoms with E-state index in [2.05, 4.69) is 38.2 Å². The van der Waals surface area contributed by atoms with E-state index >= 15 is 0 Å². The Morgan fingerprint density at radius 3 is 2.94 bits per heavy atom. The van der Waals surface area contributed by atoms with E-state index in [4.69, 9.17) is 4.74 Å². The molecule has 0 radical (unpaired) electrons. The lowest BCUT2D eigenvalue weighted by molar-refractivity contribution is 0.176. The van der Waals surface area contributed by atoms with Crippen LogP contribution in [0.4, 0.5) is 0 Å². The first-order chi connectivity index (χ1) is 7.53. The van der Waals surface area contributed by atoms with Crippen molar-refractivity contribution < 1.29 is 4.74 Å². The van der Waals surface area contributed by atoms with E-state index in [1.807, 2.05) is 6.92 Å². The second kappa shape index (κ2) is 4.15. The SMILES string of the molecule is CCOC1=C2NC(C)(C)CC(C)C2CC=C1. The van der Waals surface area contributed by atoms with Crippen LogP contribution >= 0.6 is 0 Å². The van der Waals surface area contributed by atoms with Crippen LogP contribution < -0.4 is 5.32 Å². The van der Waals surface area contributed by atoms with E-state index in [9.17, 15) is 0 Å². The molecule has 1 N–H and O–H groups in total. The quantitative estimate of drug-likeness (QED) is 0.773. The molecule has 0 bridgehead atoms. The Bertz CT molecular complexity index is 328. The molecule has 0 aromatic carbocycles. The van der Waals surface area contributed by atoms with Crippen LogP contribution in [0.2, 0.25) is 0 Å². The van der Waals surface area contributed by atoms with Gasteiger partial charge in [0.05, 0.1) is 12.3 Å². The average Bonchev–Trinajstić information content (AvgIpc) is 2.18. The first kappa shape index (κ1) is 11.6. The van der Waals surface area contributed by atoms with Gasteiger partial charge in [-0.1, -0.05) is 13.0 Å². The molecule has 0 amide bonds. The standard InChI is InChI=1S/C14H23NO/c1-5-16-12-8-6-7-11-10(2)9-14(3,4)15-13(11)12/h6,8,10-11,15H,5,7,9H2,1-4H3. The van der Waals surface area contributed by atoms with E-state index in [1.165, 1.54) is 12.1 Å². The molecule has 1 saturated heterocycles.